The fraction of sp³-hybridized carbons (Fsp3) is 0.263. The number of aryl methyl sites for hydroxylation is 2. The summed E-state index contributed by atoms with van der Waals surface area (Å²) in [5.41, 5.74) is 2.73. The smallest absolute Gasteiger partial charge is 0.342 e. The van der Waals surface area contributed by atoms with Crippen molar-refractivity contribution in [2.75, 3.05) is 20.8 Å². The molecule has 5 heteroatoms. The van der Waals surface area contributed by atoms with Gasteiger partial charge in [0.05, 0.1) is 14.2 Å². The summed E-state index contributed by atoms with van der Waals surface area (Å²) < 4.78 is 15.4. The molecular weight excluding hydrogens is 308 g/mol. The predicted octanol–water partition coefficient (Wildman–Crippen LogP) is 3.36. The average Bonchev–Trinajstić information content (AvgIpc) is 2.58. The first-order valence-corrected chi connectivity index (χ1v) is 7.46. The molecule has 0 bridgehead atoms. The van der Waals surface area contributed by atoms with Gasteiger partial charge < -0.3 is 14.2 Å². The van der Waals surface area contributed by atoms with Crippen LogP contribution >= 0.6 is 0 Å². The maximum atomic E-state index is 12.2. The first-order chi connectivity index (χ1) is 11.5. The summed E-state index contributed by atoms with van der Waals surface area (Å²) in [5.74, 6) is 0.0361. The molecular formula is C19H20O5. The Hall–Kier alpha value is -2.82. The van der Waals surface area contributed by atoms with E-state index in [1.807, 2.05) is 26.0 Å². The van der Waals surface area contributed by atoms with Gasteiger partial charge in [0.2, 0.25) is 5.78 Å². The molecule has 5 nitrogen and oxygen atoms in total. The average molecular weight is 328 g/mol. The molecule has 0 amide bonds. The number of rotatable bonds is 6. The summed E-state index contributed by atoms with van der Waals surface area (Å²) in [6.07, 6.45) is 0. The molecule has 0 spiro atoms. The molecule has 0 N–H and O–H groups in total. The Kier molecular flexibility index (Phi) is 5.58. The van der Waals surface area contributed by atoms with E-state index < -0.39 is 5.97 Å². The molecule has 0 radical (unpaired) electrons. The van der Waals surface area contributed by atoms with E-state index in [2.05, 4.69) is 0 Å². The maximum Gasteiger partial charge on any atom is 0.342 e. The summed E-state index contributed by atoms with van der Waals surface area (Å²) >= 11 is 0. The van der Waals surface area contributed by atoms with Crippen molar-refractivity contribution < 1.29 is 23.8 Å². The number of esters is 1. The number of carbonyl (C=O) groups is 2. The summed E-state index contributed by atoms with van der Waals surface area (Å²) in [5, 5.41) is 0. The SMILES string of the molecule is COc1ccc(C(=O)OCC(=O)c2ccc(C)cc2C)c(OC)c1. The van der Waals surface area contributed by atoms with Crippen molar-refractivity contribution >= 4 is 11.8 Å². The Morgan fingerprint density at radius 3 is 2.25 bits per heavy atom. The molecule has 0 aliphatic rings. The Bertz CT molecular complexity index is 764. The number of Topliss-reactive ketones (excluding diaryl/α,β-unsaturated/α-hetero) is 1. The highest BCUT2D eigenvalue weighted by Crippen LogP contribution is 2.25. The minimum Gasteiger partial charge on any atom is -0.497 e. The van der Waals surface area contributed by atoms with Crippen molar-refractivity contribution in [3.8, 4) is 11.5 Å². The van der Waals surface area contributed by atoms with E-state index in [1.54, 1.807) is 24.3 Å². The molecule has 126 valence electrons. The highest BCUT2D eigenvalue weighted by atomic mass is 16.5. The minimum atomic E-state index is -0.618. The van der Waals surface area contributed by atoms with Gasteiger partial charge >= 0.3 is 5.97 Å². The number of ether oxygens (including phenoxy) is 3. The normalized spacial score (nSPS) is 10.2. The standard InChI is InChI=1S/C19H20O5/c1-12-5-7-15(13(2)9-12)17(20)11-24-19(21)16-8-6-14(22-3)10-18(16)23-4/h5-10H,11H2,1-4H3. The third kappa shape index (κ3) is 3.93. The zero-order valence-corrected chi connectivity index (χ0v) is 14.2. The second kappa shape index (κ2) is 7.64. The van der Waals surface area contributed by atoms with E-state index in [0.717, 1.165) is 11.1 Å². The third-order valence-electron chi connectivity index (χ3n) is 3.65. The van der Waals surface area contributed by atoms with Crippen LogP contribution in [0.3, 0.4) is 0 Å². The second-order valence-electron chi connectivity index (χ2n) is 5.38. The van der Waals surface area contributed by atoms with Crippen LogP contribution in [-0.4, -0.2) is 32.6 Å². The second-order valence-corrected chi connectivity index (χ2v) is 5.38. The highest BCUT2D eigenvalue weighted by Gasteiger charge is 2.17. The van der Waals surface area contributed by atoms with Gasteiger partial charge in [0.1, 0.15) is 17.1 Å². The lowest BCUT2D eigenvalue weighted by Crippen LogP contribution is -2.16. The molecule has 0 aromatic heterocycles. The van der Waals surface area contributed by atoms with Crippen LogP contribution in [0, 0.1) is 13.8 Å². The Balaban J connectivity index is 2.09. The Morgan fingerprint density at radius 2 is 1.62 bits per heavy atom. The summed E-state index contributed by atoms with van der Waals surface area (Å²) in [6.45, 7) is 3.49. The molecule has 24 heavy (non-hydrogen) atoms. The van der Waals surface area contributed by atoms with E-state index in [1.165, 1.54) is 14.2 Å². The van der Waals surface area contributed by atoms with Gasteiger partial charge in [-0.2, -0.15) is 0 Å². The van der Waals surface area contributed by atoms with Crippen molar-refractivity contribution in [2.45, 2.75) is 13.8 Å². The van der Waals surface area contributed by atoms with Gasteiger partial charge in [-0.3, -0.25) is 4.79 Å². The van der Waals surface area contributed by atoms with Crippen LogP contribution in [0.1, 0.15) is 31.8 Å². The molecule has 0 saturated heterocycles. The Labute approximate surface area is 141 Å². The first kappa shape index (κ1) is 17.5. The zero-order valence-electron chi connectivity index (χ0n) is 14.2. The summed E-state index contributed by atoms with van der Waals surface area (Å²) in [4.78, 5) is 24.4. The van der Waals surface area contributed by atoms with Gasteiger partial charge in [-0.15, -0.1) is 0 Å². The fourth-order valence-electron chi connectivity index (χ4n) is 2.38. The number of ketones is 1. The van der Waals surface area contributed by atoms with E-state index >= 15 is 0 Å². The van der Waals surface area contributed by atoms with Crippen LogP contribution in [0.4, 0.5) is 0 Å². The van der Waals surface area contributed by atoms with Crippen molar-refractivity contribution in [2.24, 2.45) is 0 Å². The van der Waals surface area contributed by atoms with E-state index in [9.17, 15) is 9.59 Å². The van der Waals surface area contributed by atoms with Crippen molar-refractivity contribution in [3.63, 3.8) is 0 Å². The van der Waals surface area contributed by atoms with Gasteiger partial charge in [-0.1, -0.05) is 23.8 Å². The zero-order chi connectivity index (χ0) is 17.7. The van der Waals surface area contributed by atoms with Crippen LogP contribution in [-0.2, 0) is 4.74 Å². The topological polar surface area (TPSA) is 61.8 Å². The van der Waals surface area contributed by atoms with E-state index in [-0.39, 0.29) is 18.0 Å². The molecule has 0 unspecified atom stereocenters. The predicted molar refractivity (Wildman–Crippen MR) is 90.1 cm³/mol. The molecule has 2 aromatic carbocycles. The number of hydrogen-bond acceptors (Lipinski definition) is 5. The van der Waals surface area contributed by atoms with Gasteiger partial charge in [0.25, 0.3) is 0 Å². The lowest BCUT2D eigenvalue weighted by molar-refractivity contribution is 0.0471. The molecule has 2 rings (SSSR count). The van der Waals surface area contributed by atoms with Gasteiger partial charge in [0, 0.05) is 11.6 Å². The quantitative estimate of drug-likeness (QED) is 0.601. The van der Waals surface area contributed by atoms with Gasteiger partial charge in [-0.05, 0) is 31.5 Å². The molecule has 0 aliphatic heterocycles. The largest absolute Gasteiger partial charge is 0.497 e. The lowest BCUT2D eigenvalue weighted by atomic mass is 10.0. The number of hydrogen-bond donors (Lipinski definition) is 0. The van der Waals surface area contributed by atoms with Crippen molar-refractivity contribution in [1.29, 1.82) is 0 Å². The van der Waals surface area contributed by atoms with E-state index in [4.69, 9.17) is 14.2 Å². The summed E-state index contributed by atoms with van der Waals surface area (Å²) in [6, 6.07) is 10.3. The van der Waals surface area contributed by atoms with Crippen LogP contribution < -0.4 is 9.47 Å². The van der Waals surface area contributed by atoms with Crippen molar-refractivity contribution in [3.05, 3.63) is 58.7 Å². The molecule has 0 fully saturated rings. The minimum absolute atomic E-state index is 0.242. The van der Waals surface area contributed by atoms with Gasteiger partial charge in [-0.25, -0.2) is 4.79 Å². The Morgan fingerprint density at radius 1 is 0.917 bits per heavy atom. The number of methoxy groups -OCH3 is 2. The summed E-state index contributed by atoms with van der Waals surface area (Å²) in [7, 11) is 2.97. The third-order valence-corrected chi connectivity index (χ3v) is 3.65. The van der Waals surface area contributed by atoms with Crippen LogP contribution in [0.15, 0.2) is 36.4 Å². The molecule has 2 aromatic rings. The molecule has 0 aliphatic carbocycles. The van der Waals surface area contributed by atoms with Crippen LogP contribution in [0.2, 0.25) is 0 Å². The monoisotopic (exact) mass is 328 g/mol. The number of benzene rings is 2. The molecule has 0 heterocycles. The van der Waals surface area contributed by atoms with Crippen molar-refractivity contribution in [1.82, 2.24) is 0 Å². The lowest BCUT2D eigenvalue weighted by Gasteiger charge is -2.11. The van der Waals surface area contributed by atoms with Gasteiger partial charge in [0.15, 0.2) is 6.61 Å². The van der Waals surface area contributed by atoms with E-state index in [0.29, 0.717) is 17.1 Å². The molecule has 0 saturated carbocycles. The molecule has 0 atom stereocenters. The fourth-order valence-corrected chi connectivity index (χ4v) is 2.38. The maximum absolute atomic E-state index is 12.2. The number of carbonyl (C=O) groups excluding carboxylic acids is 2. The highest BCUT2D eigenvalue weighted by molar-refractivity contribution is 6.01. The van der Waals surface area contributed by atoms with Crippen LogP contribution in [0.25, 0.3) is 0 Å². The van der Waals surface area contributed by atoms with Crippen LogP contribution in [0.5, 0.6) is 11.5 Å². The first-order valence-electron chi connectivity index (χ1n) is 7.46.